The second-order valence-electron chi connectivity index (χ2n) is 6.00. The summed E-state index contributed by atoms with van der Waals surface area (Å²) in [6.07, 6.45) is 1.14. The average molecular weight is 331 g/mol. The average Bonchev–Trinajstić information content (AvgIpc) is 2.45. The molecule has 7 heteroatoms. The van der Waals surface area contributed by atoms with Crippen LogP contribution in [-0.4, -0.2) is 25.5 Å². The number of pyridine rings is 1. The van der Waals surface area contributed by atoms with Crippen molar-refractivity contribution in [2.24, 2.45) is 5.92 Å². The maximum Gasteiger partial charge on any atom is 0.417 e. The minimum absolute atomic E-state index is 0.00517. The first-order chi connectivity index (χ1) is 10.4. The van der Waals surface area contributed by atoms with Gasteiger partial charge in [-0.25, -0.2) is 0 Å². The van der Waals surface area contributed by atoms with Gasteiger partial charge >= 0.3 is 6.18 Å². The number of alkyl halides is 3. The second-order valence-corrected chi connectivity index (χ2v) is 7.99. The van der Waals surface area contributed by atoms with Gasteiger partial charge in [0, 0.05) is 45.2 Å². The van der Waals surface area contributed by atoms with Gasteiger partial charge in [0.2, 0.25) is 0 Å². The molecule has 0 N–H and O–H groups in total. The smallest absolute Gasteiger partial charge is 0.294 e. The third-order valence-electron chi connectivity index (χ3n) is 4.52. The van der Waals surface area contributed by atoms with Gasteiger partial charge in [-0.3, -0.25) is 14.0 Å². The molecule has 2 bridgehead atoms. The van der Waals surface area contributed by atoms with E-state index in [9.17, 15) is 22.2 Å². The van der Waals surface area contributed by atoms with E-state index < -0.39 is 22.5 Å². The van der Waals surface area contributed by atoms with Crippen LogP contribution in [0.3, 0.4) is 0 Å². The first-order valence-electron chi connectivity index (χ1n) is 7.32. The SMILES string of the molecule is O=C(c1cncc(C(F)(F)F)c1)C1CC2CCCC(C1)S2=O. The zero-order chi connectivity index (χ0) is 15.9. The van der Waals surface area contributed by atoms with Gasteiger partial charge in [-0.1, -0.05) is 6.42 Å². The molecule has 3 nitrogen and oxygen atoms in total. The van der Waals surface area contributed by atoms with Crippen LogP contribution >= 0.6 is 0 Å². The molecule has 2 fully saturated rings. The molecule has 0 aromatic carbocycles. The number of ketones is 1. The summed E-state index contributed by atoms with van der Waals surface area (Å²) in [6, 6.07) is 0.872. The van der Waals surface area contributed by atoms with Crippen molar-refractivity contribution in [3.63, 3.8) is 0 Å². The highest BCUT2D eigenvalue weighted by Crippen LogP contribution is 2.38. The normalized spacial score (nSPS) is 31.8. The van der Waals surface area contributed by atoms with Crippen molar-refractivity contribution in [2.75, 3.05) is 0 Å². The van der Waals surface area contributed by atoms with Crippen molar-refractivity contribution in [2.45, 2.75) is 48.8 Å². The van der Waals surface area contributed by atoms with Crippen LogP contribution in [0.4, 0.5) is 13.2 Å². The fraction of sp³-hybridized carbons (Fsp3) is 0.600. The van der Waals surface area contributed by atoms with Crippen molar-refractivity contribution in [1.82, 2.24) is 4.98 Å². The molecule has 2 unspecified atom stereocenters. The molecule has 3 rings (SSSR count). The van der Waals surface area contributed by atoms with Gasteiger partial charge in [0.25, 0.3) is 0 Å². The number of nitrogens with zero attached hydrogens (tertiary/aromatic N) is 1. The molecule has 2 aliphatic heterocycles. The quantitative estimate of drug-likeness (QED) is 0.781. The Morgan fingerprint density at radius 1 is 1.18 bits per heavy atom. The zero-order valence-corrected chi connectivity index (χ0v) is 12.6. The van der Waals surface area contributed by atoms with Crippen molar-refractivity contribution in [3.8, 4) is 0 Å². The minimum Gasteiger partial charge on any atom is -0.294 e. The van der Waals surface area contributed by atoms with Gasteiger partial charge < -0.3 is 0 Å². The number of hydrogen-bond donors (Lipinski definition) is 0. The number of fused-ring (bicyclic) bond motifs is 2. The van der Waals surface area contributed by atoms with Crippen LogP contribution in [0.15, 0.2) is 18.5 Å². The number of carbonyl (C=O) groups excluding carboxylic acids is 1. The first kappa shape index (κ1) is 15.6. The fourth-order valence-electron chi connectivity index (χ4n) is 3.41. The molecule has 0 saturated carbocycles. The number of carbonyl (C=O) groups is 1. The third-order valence-corrected chi connectivity index (χ3v) is 6.70. The topological polar surface area (TPSA) is 47.0 Å². The van der Waals surface area contributed by atoms with Crippen LogP contribution < -0.4 is 0 Å². The molecule has 2 atom stereocenters. The van der Waals surface area contributed by atoms with Crippen molar-refractivity contribution >= 4 is 16.6 Å². The second kappa shape index (κ2) is 5.76. The monoisotopic (exact) mass is 331 g/mol. The number of hydrogen-bond acceptors (Lipinski definition) is 3. The van der Waals surface area contributed by atoms with Gasteiger partial charge in [-0.15, -0.1) is 0 Å². The molecule has 22 heavy (non-hydrogen) atoms. The van der Waals surface area contributed by atoms with Crippen LogP contribution in [0.25, 0.3) is 0 Å². The predicted octanol–water partition coefficient (Wildman–Crippen LogP) is 3.36. The number of Topliss-reactive ketones (excluding diaryl/α,β-unsaturated/α-hetero) is 1. The summed E-state index contributed by atoms with van der Waals surface area (Å²) in [5.41, 5.74) is -0.900. The van der Waals surface area contributed by atoms with Crippen molar-refractivity contribution in [3.05, 3.63) is 29.6 Å². The van der Waals surface area contributed by atoms with E-state index in [-0.39, 0.29) is 27.8 Å². The molecule has 0 aliphatic carbocycles. The molecular formula is C15H16F3NO2S. The molecule has 2 saturated heterocycles. The summed E-state index contributed by atoms with van der Waals surface area (Å²) in [5, 5.41) is 0.0282. The largest absolute Gasteiger partial charge is 0.417 e. The third kappa shape index (κ3) is 2.95. The number of halogens is 3. The van der Waals surface area contributed by atoms with E-state index in [0.29, 0.717) is 12.8 Å². The molecule has 1 aromatic heterocycles. The summed E-state index contributed by atoms with van der Waals surface area (Å²) >= 11 is 0. The van der Waals surface area contributed by atoms with E-state index in [1.807, 2.05) is 0 Å². The molecule has 0 spiro atoms. The first-order valence-corrected chi connectivity index (χ1v) is 8.59. The van der Waals surface area contributed by atoms with Gasteiger partial charge in [-0.05, 0) is 31.7 Å². The van der Waals surface area contributed by atoms with E-state index in [0.717, 1.165) is 31.5 Å². The van der Waals surface area contributed by atoms with Crippen LogP contribution in [0.5, 0.6) is 0 Å². The van der Waals surface area contributed by atoms with E-state index in [2.05, 4.69) is 4.98 Å². The lowest BCUT2D eigenvalue weighted by atomic mass is 9.84. The molecule has 0 radical (unpaired) electrons. The highest BCUT2D eigenvalue weighted by Gasteiger charge is 2.41. The molecule has 1 aromatic rings. The number of aromatic nitrogens is 1. The van der Waals surface area contributed by atoms with E-state index in [4.69, 9.17) is 0 Å². The molecule has 2 aliphatic rings. The Kier molecular flexibility index (Phi) is 4.09. The molecule has 3 heterocycles. The van der Waals surface area contributed by atoms with E-state index in [1.54, 1.807) is 0 Å². The highest BCUT2D eigenvalue weighted by atomic mass is 32.2. The minimum atomic E-state index is -4.51. The highest BCUT2D eigenvalue weighted by molar-refractivity contribution is 7.86. The molecule has 120 valence electrons. The Labute approximate surface area is 128 Å². The summed E-state index contributed by atoms with van der Waals surface area (Å²) in [6.45, 7) is 0. The van der Waals surface area contributed by atoms with Crippen LogP contribution in [0.1, 0.15) is 48.0 Å². The summed E-state index contributed by atoms with van der Waals surface area (Å²) in [7, 11) is -0.896. The Balaban J connectivity index is 1.81. The Hall–Kier alpha value is -1.24. The lowest BCUT2D eigenvalue weighted by molar-refractivity contribution is -0.137. The van der Waals surface area contributed by atoms with Gasteiger partial charge in [0.1, 0.15) is 0 Å². The Bertz CT molecular complexity index is 601. The predicted molar refractivity (Wildman–Crippen MR) is 75.9 cm³/mol. The van der Waals surface area contributed by atoms with Crippen LogP contribution in [0.2, 0.25) is 0 Å². The van der Waals surface area contributed by atoms with E-state index in [1.165, 1.54) is 6.20 Å². The maximum atomic E-state index is 12.7. The summed E-state index contributed by atoms with van der Waals surface area (Å²) in [5.74, 6) is -0.634. The van der Waals surface area contributed by atoms with Gasteiger partial charge in [-0.2, -0.15) is 13.2 Å². The maximum absolute atomic E-state index is 12.7. The fourth-order valence-corrected chi connectivity index (χ4v) is 5.60. The van der Waals surface area contributed by atoms with Gasteiger partial charge in [0.05, 0.1) is 5.56 Å². The Morgan fingerprint density at radius 2 is 1.82 bits per heavy atom. The number of rotatable bonds is 2. The lowest BCUT2D eigenvalue weighted by Gasteiger charge is -2.37. The van der Waals surface area contributed by atoms with Crippen LogP contribution in [0, 0.1) is 5.92 Å². The molecular weight excluding hydrogens is 315 g/mol. The molecule has 0 amide bonds. The van der Waals surface area contributed by atoms with Gasteiger partial charge in [0.15, 0.2) is 5.78 Å². The summed E-state index contributed by atoms with van der Waals surface area (Å²) < 4.78 is 50.3. The lowest BCUT2D eigenvalue weighted by Crippen LogP contribution is -2.41. The Morgan fingerprint density at radius 3 is 2.41 bits per heavy atom. The van der Waals surface area contributed by atoms with Crippen molar-refractivity contribution in [1.29, 1.82) is 0 Å². The standard InChI is InChI=1S/C15H16F3NO2S/c16-15(17,18)11-4-10(7-19-8-11)14(20)9-5-12-2-1-3-13(6-9)22(12)21/h4,7-9,12-13H,1-3,5-6H2. The van der Waals surface area contributed by atoms with Crippen LogP contribution in [-0.2, 0) is 17.0 Å². The van der Waals surface area contributed by atoms with Crippen molar-refractivity contribution < 1.29 is 22.2 Å². The summed E-state index contributed by atoms with van der Waals surface area (Å²) in [4.78, 5) is 16.1. The zero-order valence-electron chi connectivity index (χ0n) is 11.8. The van der Waals surface area contributed by atoms with E-state index >= 15 is 0 Å².